The Morgan fingerprint density at radius 3 is 1.40 bits per heavy atom. The highest BCUT2D eigenvalue weighted by Crippen LogP contribution is 2.27. The fourth-order valence-electron chi connectivity index (χ4n) is 5.01. The van der Waals surface area contributed by atoms with E-state index in [0.717, 1.165) is 22.1 Å². The Hall–Kier alpha value is -6.02. The quantitative estimate of drug-likeness (QED) is 0.175. The molecule has 0 spiro atoms. The van der Waals surface area contributed by atoms with Gasteiger partial charge in [-0.3, -0.25) is 9.59 Å². The van der Waals surface area contributed by atoms with Gasteiger partial charge in [0.25, 0.3) is 11.8 Å². The molecule has 2 aromatic heterocycles. The molecule has 2 amide bonds. The van der Waals surface area contributed by atoms with Crippen LogP contribution >= 0.6 is 0 Å². The number of rotatable bonds is 6. The molecular weight excluding hydrogens is 524 g/mol. The predicted molar refractivity (Wildman–Crippen MR) is 165 cm³/mol. The zero-order valence-corrected chi connectivity index (χ0v) is 22.3. The minimum absolute atomic E-state index is 0.287. The molecule has 5 aromatic carbocycles. The van der Waals surface area contributed by atoms with Crippen LogP contribution in [0.2, 0.25) is 0 Å². The van der Waals surface area contributed by atoms with E-state index in [2.05, 4.69) is 30.6 Å². The molecule has 8 heteroatoms. The van der Waals surface area contributed by atoms with Crippen molar-refractivity contribution in [2.24, 2.45) is 0 Å². The molecule has 4 N–H and O–H groups in total. The third kappa shape index (κ3) is 4.77. The molecule has 0 unspecified atom stereocenters. The van der Waals surface area contributed by atoms with Crippen LogP contribution in [-0.2, 0) is 0 Å². The van der Waals surface area contributed by atoms with Gasteiger partial charge >= 0.3 is 0 Å². The number of aromatic nitrogens is 4. The Morgan fingerprint density at radius 1 is 0.500 bits per heavy atom. The first kappa shape index (κ1) is 25.0. The van der Waals surface area contributed by atoms with Gasteiger partial charge < -0.3 is 20.6 Å². The lowest BCUT2D eigenvalue weighted by Crippen LogP contribution is -2.15. The molecule has 0 aliphatic carbocycles. The number of H-pyrrole nitrogens is 2. The van der Waals surface area contributed by atoms with Crippen molar-refractivity contribution in [3.05, 3.63) is 132 Å². The number of carbonyl (C=O) groups is 2. The van der Waals surface area contributed by atoms with Crippen molar-refractivity contribution in [3.63, 3.8) is 0 Å². The van der Waals surface area contributed by atoms with Gasteiger partial charge in [-0.05, 0) is 54.6 Å². The molecule has 0 bridgehead atoms. The largest absolute Gasteiger partial charge is 0.338 e. The van der Waals surface area contributed by atoms with E-state index in [1.807, 2.05) is 84.9 Å². The van der Waals surface area contributed by atoms with E-state index in [4.69, 9.17) is 0 Å². The molecular formula is C34H24N6O2. The second-order valence-electron chi connectivity index (χ2n) is 9.79. The number of amides is 2. The van der Waals surface area contributed by atoms with Crippen LogP contribution in [0.1, 0.15) is 20.7 Å². The van der Waals surface area contributed by atoms with Gasteiger partial charge in [0.2, 0.25) is 0 Å². The molecule has 0 saturated heterocycles. The summed E-state index contributed by atoms with van der Waals surface area (Å²) in [5.41, 5.74) is 6.87. The number of carbonyl (C=O) groups excluding carboxylic acids is 2. The first-order valence-electron chi connectivity index (χ1n) is 13.4. The van der Waals surface area contributed by atoms with Gasteiger partial charge in [0.1, 0.15) is 11.6 Å². The smallest absolute Gasteiger partial charge is 0.256 e. The molecule has 0 aliphatic rings. The monoisotopic (exact) mass is 548 g/mol. The Bertz CT molecular complexity index is 1900. The van der Waals surface area contributed by atoms with E-state index in [0.29, 0.717) is 45.3 Å². The van der Waals surface area contributed by atoms with Gasteiger partial charge in [-0.15, -0.1) is 0 Å². The summed E-state index contributed by atoms with van der Waals surface area (Å²) in [6.45, 7) is 0. The van der Waals surface area contributed by atoms with Crippen molar-refractivity contribution in [2.75, 3.05) is 10.6 Å². The zero-order chi connectivity index (χ0) is 28.5. The number of imidazole rings is 2. The maximum atomic E-state index is 13.4. The normalized spacial score (nSPS) is 11.0. The van der Waals surface area contributed by atoms with Crippen LogP contribution in [0.15, 0.2) is 121 Å². The molecule has 0 atom stereocenters. The summed E-state index contributed by atoms with van der Waals surface area (Å²) < 4.78 is 0. The Labute approximate surface area is 240 Å². The third-order valence-corrected chi connectivity index (χ3v) is 7.01. The predicted octanol–water partition coefficient (Wildman–Crippen LogP) is 7.28. The minimum atomic E-state index is -0.287. The molecule has 7 aromatic rings. The Balaban J connectivity index is 1.12. The van der Waals surface area contributed by atoms with Gasteiger partial charge in [0.05, 0.1) is 33.2 Å². The second kappa shape index (κ2) is 10.5. The maximum absolute atomic E-state index is 13.4. The number of nitrogens with zero attached hydrogens (tertiary/aromatic N) is 2. The van der Waals surface area contributed by atoms with E-state index in [-0.39, 0.29) is 11.8 Å². The summed E-state index contributed by atoms with van der Waals surface area (Å²) in [6.07, 6.45) is 0. The molecule has 202 valence electrons. The molecule has 0 aliphatic heterocycles. The van der Waals surface area contributed by atoms with E-state index < -0.39 is 0 Å². The number of para-hydroxylation sites is 4. The number of hydrogen-bond donors (Lipinski definition) is 4. The van der Waals surface area contributed by atoms with Crippen molar-refractivity contribution < 1.29 is 9.59 Å². The van der Waals surface area contributed by atoms with Crippen LogP contribution in [0.4, 0.5) is 11.4 Å². The van der Waals surface area contributed by atoms with Gasteiger partial charge in [0.15, 0.2) is 0 Å². The average Bonchev–Trinajstić information content (AvgIpc) is 3.66. The highest BCUT2D eigenvalue weighted by molar-refractivity contribution is 6.10. The van der Waals surface area contributed by atoms with Gasteiger partial charge in [-0.25, -0.2) is 9.97 Å². The third-order valence-electron chi connectivity index (χ3n) is 7.01. The summed E-state index contributed by atoms with van der Waals surface area (Å²) in [6, 6.07) is 37.2. The number of fused-ring (bicyclic) bond motifs is 2. The van der Waals surface area contributed by atoms with Crippen LogP contribution in [-0.4, -0.2) is 31.8 Å². The molecule has 0 radical (unpaired) electrons. The van der Waals surface area contributed by atoms with Crippen LogP contribution in [0.3, 0.4) is 0 Å². The van der Waals surface area contributed by atoms with Crippen molar-refractivity contribution in [1.82, 2.24) is 19.9 Å². The Kier molecular flexibility index (Phi) is 6.25. The van der Waals surface area contributed by atoms with Crippen molar-refractivity contribution in [2.45, 2.75) is 0 Å². The van der Waals surface area contributed by atoms with Gasteiger partial charge in [0, 0.05) is 22.5 Å². The lowest BCUT2D eigenvalue weighted by atomic mass is 10.1. The fraction of sp³-hybridized carbons (Fsp3) is 0. The van der Waals surface area contributed by atoms with Gasteiger partial charge in [-0.1, -0.05) is 66.7 Å². The average molecular weight is 549 g/mol. The van der Waals surface area contributed by atoms with Crippen LogP contribution < -0.4 is 10.6 Å². The summed E-state index contributed by atoms with van der Waals surface area (Å²) in [7, 11) is 0. The number of aromatic amines is 2. The van der Waals surface area contributed by atoms with E-state index >= 15 is 0 Å². The summed E-state index contributed by atoms with van der Waals surface area (Å²) in [5, 5.41) is 5.92. The molecule has 0 saturated carbocycles. The SMILES string of the molecule is O=C(Nc1cccc(NC(=O)c2ccccc2-c2nc3ccccc3[nH]2)c1)c1ccccc1-c1nc2ccccc2[nH]1. The van der Waals surface area contributed by atoms with Crippen LogP contribution in [0.5, 0.6) is 0 Å². The summed E-state index contributed by atoms with van der Waals surface area (Å²) in [5.74, 6) is 0.659. The molecule has 0 fully saturated rings. The molecule has 2 heterocycles. The van der Waals surface area contributed by atoms with E-state index in [1.165, 1.54) is 0 Å². The number of benzene rings is 5. The standard InChI is InChI=1S/C34H24N6O2/c41-33(25-14-3-1-12-23(25)31-37-27-16-5-6-17-28(27)38-31)35-21-10-9-11-22(20-21)36-34(42)26-15-4-2-13-24(26)32-39-29-18-7-8-19-30(29)40-32/h1-20H,(H,35,41)(H,36,42)(H,37,38)(H,39,40). The lowest BCUT2D eigenvalue weighted by Gasteiger charge is -2.12. The van der Waals surface area contributed by atoms with Crippen molar-refractivity contribution in [1.29, 1.82) is 0 Å². The lowest BCUT2D eigenvalue weighted by molar-refractivity contribution is 0.102. The highest BCUT2D eigenvalue weighted by Gasteiger charge is 2.18. The van der Waals surface area contributed by atoms with Crippen LogP contribution in [0.25, 0.3) is 44.8 Å². The zero-order valence-electron chi connectivity index (χ0n) is 22.3. The number of anilines is 2. The maximum Gasteiger partial charge on any atom is 0.256 e. The van der Waals surface area contributed by atoms with Crippen molar-refractivity contribution in [3.8, 4) is 22.8 Å². The minimum Gasteiger partial charge on any atom is -0.338 e. The highest BCUT2D eigenvalue weighted by atomic mass is 16.2. The molecule has 7 rings (SSSR count). The fourth-order valence-corrected chi connectivity index (χ4v) is 5.01. The topological polar surface area (TPSA) is 116 Å². The molecule has 42 heavy (non-hydrogen) atoms. The Morgan fingerprint density at radius 2 is 0.929 bits per heavy atom. The first-order valence-corrected chi connectivity index (χ1v) is 13.4. The van der Waals surface area contributed by atoms with Crippen molar-refractivity contribution >= 4 is 45.3 Å². The van der Waals surface area contributed by atoms with E-state index in [1.54, 1.807) is 36.4 Å². The van der Waals surface area contributed by atoms with Crippen LogP contribution in [0, 0.1) is 0 Å². The second-order valence-corrected chi connectivity index (χ2v) is 9.79. The number of hydrogen-bond acceptors (Lipinski definition) is 4. The van der Waals surface area contributed by atoms with Gasteiger partial charge in [-0.2, -0.15) is 0 Å². The summed E-state index contributed by atoms with van der Waals surface area (Å²) >= 11 is 0. The number of nitrogens with one attached hydrogen (secondary N) is 4. The molecule has 8 nitrogen and oxygen atoms in total. The van der Waals surface area contributed by atoms with E-state index in [9.17, 15) is 9.59 Å². The first-order chi connectivity index (χ1) is 20.6. The summed E-state index contributed by atoms with van der Waals surface area (Å²) in [4.78, 5) is 42.7.